The van der Waals surface area contributed by atoms with Gasteiger partial charge in [0.05, 0.1) is 17.0 Å². The number of ether oxygens (including phenoxy) is 1. The van der Waals surface area contributed by atoms with Gasteiger partial charge in [-0.05, 0) is 56.0 Å². The molecule has 2 aromatic carbocycles. The highest BCUT2D eigenvalue weighted by atomic mass is 32.2. The van der Waals surface area contributed by atoms with Gasteiger partial charge in [-0.3, -0.25) is 9.59 Å². The van der Waals surface area contributed by atoms with E-state index in [1.54, 1.807) is 43.1 Å². The van der Waals surface area contributed by atoms with E-state index >= 15 is 0 Å². The summed E-state index contributed by atoms with van der Waals surface area (Å²) in [6, 6.07) is 16.3. The average molecular weight is 653 g/mol. The molecule has 0 aliphatic carbocycles. The molecule has 1 fully saturated rings. The van der Waals surface area contributed by atoms with Crippen LogP contribution in [-0.2, 0) is 30.9 Å². The fourth-order valence-corrected chi connectivity index (χ4v) is 7.12. The van der Waals surface area contributed by atoms with E-state index in [9.17, 15) is 27.9 Å². The molecule has 3 amide bonds. The second-order valence-corrected chi connectivity index (χ2v) is 12.9. The number of urea groups is 1. The molecule has 4 rings (SSSR count). The average Bonchev–Trinajstić information content (AvgIpc) is 3.43. The lowest BCUT2D eigenvalue weighted by molar-refractivity contribution is -0.139. The minimum atomic E-state index is -4.19. The first kappa shape index (κ1) is 34.3. The highest BCUT2D eigenvalue weighted by Gasteiger charge is 2.36. The highest BCUT2D eigenvalue weighted by Crippen LogP contribution is 2.23. The van der Waals surface area contributed by atoms with Crippen LogP contribution in [0.5, 0.6) is 0 Å². The van der Waals surface area contributed by atoms with Crippen LogP contribution in [0.15, 0.2) is 71.8 Å². The number of nitrogens with one attached hydrogen (secondary N) is 4. The zero-order valence-electron chi connectivity index (χ0n) is 26.0. The van der Waals surface area contributed by atoms with Crippen molar-refractivity contribution >= 4 is 33.7 Å². The van der Waals surface area contributed by atoms with Crippen LogP contribution in [0.25, 0.3) is 0 Å². The Balaban J connectivity index is 1.32. The predicted octanol–water partition coefficient (Wildman–Crippen LogP) is 2.34. The third-order valence-corrected chi connectivity index (χ3v) is 9.31. The van der Waals surface area contributed by atoms with Gasteiger partial charge in [0, 0.05) is 32.4 Å². The number of hydrogen-bond donors (Lipinski definition) is 5. The number of aliphatic carboxylic acids is 1. The van der Waals surface area contributed by atoms with Gasteiger partial charge in [-0.1, -0.05) is 54.1 Å². The minimum absolute atomic E-state index is 0.00434. The van der Waals surface area contributed by atoms with Crippen LogP contribution in [0.4, 0.5) is 10.6 Å². The number of rotatable bonds is 14. The zero-order chi connectivity index (χ0) is 33.3. The number of likely N-dealkylation sites (tertiary alicyclic amines) is 1. The number of nitrogens with zero attached hydrogens (tertiary/aromatic N) is 2. The van der Waals surface area contributed by atoms with E-state index in [0.29, 0.717) is 36.5 Å². The number of aryl methyl sites for hydroxylation is 3. The second kappa shape index (κ2) is 15.7. The second-order valence-electron chi connectivity index (χ2n) is 11.3. The van der Waals surface area contributed by atoms with Crippen LogP contribution in [-0.4, -0.2) is 85.7 Å². The fraction of sp³-hybridized carbons (Fsp3) is 0.375. The molecule has 0 spiro atoms. The summed E-state index contributed by atoms with van der Waals surface area (Å²) in [4.78, 5) is 43.6. The molecule has 2 heterocycles. The molecule has 1 aromatic heterocycles. The Morgan fingerprint density at radius 2 is 1.72 bits per heavy atom. The van der Waals surface area contributed by atoms with Crippen molar-refractivity contribution in [2.45, 2.75) is 56.8 Å². The molecular weight excluding hydrogens is 612 g/mol. The molecule has 13 nitrogen and oxygen atoms in total. The normalized spacial score (nSPS) is 16.9. The first-order valence-electron chi connectivity index (χ1n) is 14.9. The molecule has 246 valence electrons. The van der Waals surface area contributed by atoms with Crippen LogP contribution < -0.4 is 20.7 Å². The van der Waals surface area contributed by atoms with Gasteiger partial charge in [-0.15, -0.1) is 0 Å². The monoisotopic (exact) mass is 652 g/mol. The number of carbonyl (C=O) groups excluding carboxylic acids is 2. The standard InChI is InChI=1S/C32H40N6O7S/c1-21-13-22(2)30(23(3)14-21)46(43,44)37-27(31(40)41)18-35-29(39)20-45-26-15-25(17-34-28-11-7-8-12-33-28)38(19-26)32(42)36-16-24-9-5-4-6-10-24/h4-14,25-27,37H,15-20H2,1-3H3,(H,33,34)(H,35,39)(H,36,42)(H,40,41)/t25-,26+,27-/m0/s1. The molecular formula is C32H40N6O7S. The van der Waals surface area contributed by atoms with Gasteiger partial charge < -0.3 is 30.7 Å². The molecule has 0 saturated carbocycles. The Bertz CT molecular complexity index is 1600. The van der Waals surface area contributed by atoms with Crippen molar-refractivity contribution in [3.63, 3.8) is 0 Å². The Kier molecular flexibility index (Phi) is 11.7. The fourth-order valence-electron chi connectivity index (χ4n) is 5.48. The number of benzene rings is 2. The highest BCUT2D eigenvalue weighted by molar-refractivity contribution is 7.89. The molecule has 1 aliphatic heterocycles. The summed E-state index contributed by atoms with van der Waals surface area (Å²) >= 11 is 0. The van der Waals surface area contributed by atoms with Gasteiger partial charge in [0.25, 0.3) is 0 Å². The van der Waals surface area contributed by atoms with Gasteiger partial charge in [0.1, 0.15) is 18.5 Å². The molecule has 0 radical (unpaired) electrons. The van der Waals surface area contributed by atoms with Crippen LogP contribution in [0.2, 0.25) is 0 Å². The van der Waals surface area contributed by atoms with Crippen LogP contribution >= 0.6 is 0 Å². The Morgan fingerprint density at radius 1 is 1.02 bits per heavy atom. The molecule has 3 aromatic rings. The van der Waals surface area contributed by atoms with Gasteiger partial charge in [-0.2, -0.15) is 4.72 Å². The summed E-state index contributed by atoms with van der Waals surface area (Å²) in [5, 5.41) is 18.3. The lowest BCUT2D eigenvalue weighted by Gasteiger charge is -2.25. The summed E-state index contributed by atoms with van der Waals surface area (Å²) < 4.78 is 34.2. The van der Waals surface area contributed by atoms with Crippen molar-refractivity contribution in [1.82, 2.24) is 25.2 Å². The molecule has 1 saturated heterocycles. The van der Waals surface area contributed by atoms with E-state index in [2.05, 4.69) is 25.7 Å². The summed E-state index contributed by atoms with van der Waals surface area (Å²) in [7, 11) is -4.19. The molecule has 0 unspecified atom stereocenters. The minimum Gasteiger partial charge on any atom is -0.480 e. The number of aromatic nitrogens is 1. The maximum atomic E-state index is 13.2. The van der Waals surface area contributed by atoms with Crippen molar-refractivity contribution < 1.29 is 32.6 Å². The van der Waals surface area contributed by atoms with Gasteiger partial charge in [0.2, 0.25) is 15.9 Å². The van der Waals surface area contributed by atoms with Crippen molar-refractivity contribution in [3.05, 3.63) is 89.1 Å². The largest absolute Gasteiger partial charge is 0.480 e. The quantitative estimate of drug-likeness (QED) is 0.175. The third kappa shape index (κ3) is 9.49. The Labute approximate surface area is 268 Å². The van der Waals surface area contributed by atoms with Crippen LogP contribution in [0.3, 0.4) is 0 Å². The van der Waals surface area contributed by atoms with Gasteiger partial charge in [-0.25, -0.2) is 18.2 Å². The number of carboxylic acids is 1. The number of carbonyl (C=O) groups is 3. The summed E-state index contributed by atoms with van der Waals surface area (Å²) in [6.45, 7) is 5.21. The van der Waals surface area contributed by atoms with Gasteiger partial charge >= 0.3 is 12.0 Å². The van der Waals surface area contributed by atoms with Crippen molar-refractivity contribution in [2.75, 3.05) is 31.6 Å². The first-order chi connectivity index (χ1) is 21.9. The predicted molar refractivity (Wildman–Crippen MR) is 172 cm³/mol. The molecule has 3 atom stereocenters. The van der Waals surface area contributed by atoms with E-state index in [1.165, 1.54) is 0 Å². The van der Waals surface area contributed by atoms with E-state index in [-0.39, 0.29) is 23.5 Å². The van der Waals surface area contributed by atoms with Gasteiger partial charge in [0.15, 0.2) is 0 Å². The number of carboxylic acid groups (broad SMARTS) is 1. The van der Waals surface area contributed by atoms with Crippen molar-refractivity contribution in [2.24, 2.45) is 0 Å². The molecule has 5 N–H and O–H groups in total. The zero-order valence-corrected chi connectivity index (χ0v) is 26.8. The molecule has 1 aliphatic rings. The number of pyridine rings is 1. The number of anilines is 1. The summed E-state index contributed by atoms with van der Waals surface area (Å²) in [5.41, 5.74) is 2.80. The summed E-state index contributed by atoms with van der Waals surface area (Å²) in [6.07, 6.45) is 1.64. The van der Waals surface area contributed by atoms with E-state index in [1.807, 2.05) is 49.4 Å². The van der Waals surface area contributed by atoms with E-state index in [0.717, 1.165) is 11.1 Å². The molecule has 46 heavy (non-hydrogen) atoms. The van der Waals surface area contributed by atoms with Crippen molar-refractivity contribution in [3.8, 4) is 0 Å². The lowest BCUT2D eigenvalue weighted by Crippen LogP contribution is -2.49. The maximum Gasteiger partial charge on any atom is 0.323 e. The number of sulfonamides is 1. The third-order valence-electron chi connectivity index (χ3n) is 7.53. The molecule has 0 bridgehead atoms. The lowest BCUT2D eigenvalue weighted by atomic mass is 10.1. The number of amides is 3. The Hall–Kier alpha value is -4.53. The van der Waals surface area contributed by atoms with Crippen molar-refractivity contribution in [1.29, 1.82) is 0 Å². The SMILES string of the molecule is Cc1cc(C)c(S(=O)(=O)N[C@@H](CNC(=O)CO[C@@H]2C[C@@H](CNc3ccccn3)N(C(=O)NCc3ccccc3)C2)C(=O)O)c(C)c1. The smallest absolute Gasteiger partial charge is 0.323 e. The summed E-state index contributed by atoms with van der Waals surface area (Å²) in [5.74, 6) is -1.40. The van der Waals surface area contributed by atoms with E-state index < -0.39 is 47.2 Å². The van der Waals surface area contributed by atoms with E-state index in [4.69, 9.17) is 4.74 Å². The topological polar surface area (TPSA) is 179 Å². The number of hydrogen-bond acceptors (Lipinski definition) is 8. The first-order valence-corrected chi connectivity index (χ1v) is 16.4. The van der Waals surface area contributed by atoms with Crippen LogP contribution in [0.1, 0.15) is 28.7 Å². The molecule has 14 heteroatoms. The maximum absolute atomic E-state index is 13.2. The Morgan fingerprint density at radius 3 is 2.37 bits per heavy atom. The van der Waals surface area contributed by atoms with Crippen LogP contribution in [0, 0.1) is 20.8 Å².